The van der Waals surface area contributed by atoms with E-state index in [9.17, 15) is 36.5 Å². The van der Waals surface area contributed by atoms with Crippen molar-refractivity contribution in [3.05, 3.63) is 141 Å². The summed E-state index contributed by atoms with van der Waals surface area (Å²) in [6.07, 6.45) is -1.27. The number of halogens is 4. The van der Waals surface area contributed by atoms with Crippen LogP contribution in [0, 0.1) is 16.0 Å². The van der Waals surface area contributed by atoms with Crippen LogP contribution < -0.4 is 19.1 Å². The first-order valence-corrected chi connectivity index (χ1v) is 21.9. The highest BCUT2D eigenvalue weighted by Crippen LogP contribution is 2.37. The number of aromatic nitrogens is 1. The molecule has 5 aromatic carbocycles. The molecule has 2 fully saturated rings. The molecular weight excluding hydrogens is 863 g/mol. The Bertz CT molecular complexity index is 2750. The fourth-order valence-electron chi connectivity index (χ4n) is 7.68. The normalized spacial score (nSPS) is 15.3. The molecule has 0 aliphatic carbocycles. The van der Waals surface area contributed by atoms with Crippen molar-refractivity contribution in [1.82, 2.24) is 14.6 Å². The van der Waals surface area contributed by atoms with E-state index in [-0.39, 0.29) is 29.6 Å². The zero-order valence-electron chi connectivity index (χ0n) is 33.6. The van der Waals surface area contributed by atoms with Crippen LogP contribution in [0.25, 0.3) is 22.0 Å². The van der Waals surface area contributed by atoms with Crippen LogP contribution in [0.1, 0.15) is 34.3 Å². The van der Waals surface area contributed by atoms with E-state index in [1.165, 1.54) is 18.2 Å². The molecule has 8 rings (SSSR count). The van der Waals surface area contributed by atoms with Crippen LogP contribution in [0.3, 0.4) is 0 Å². The van der Waals surface area contributed by atoms with E-state index in [1.54, 1.807) is 60.8 Å². The molecule has 0 bridgehead atoms. The van der Waals surface area contributed by atoms with Crippen molar-refractivity contribution in [3.63, 3.8) is 0 Å². The number of hydrogen-bond donors (Lipinski definition) is 2. The van der Waals surface area contributed by atoms with E-state index < -0.39 is 43.2 Å². The molecule has 18 heteroatoms. The maximum absolute atomic E-state index is 13.9. The van der Waals surface area contributed by atoms with E-state index in [2.05, 4.69) is 19.5 Å². The average molecular weight is 904 g/mol. The fourth-order valence-corrected chi connectivity index (χ4v) is 8.79. The molecule has 1 amide bonds. The molecule has 1 aromatic heterocycles. The highest BCUT2D eigenvalue weighted by atomic mass is 35.5. The van der Waals surface area contributed by atoms with Gasteiger partial charge in [-0.1, -0.05) is 29.8 Å². The Hall–Kier alpha value is -6.14. The number of H-pyrrole nitrogens is 1. The Morgan fingerprint density at radius 1 is 0.905 bits per heavy atom. The zero-order chi connectivity index (χ0) is 44.3. The second-order valence-corrected chi connectivity index (χ2v) is 17.5. The van der Waals surface area contributed by atoms with Crippen LogP contribution in [-0.4, -0.2) is 75.1 Å². The Morgan fingerprint density at radius 3 is 2.40 bits per heavy atom. The third kappa shape index (κ3) is 10.2. The first-order valence-electron chi connectivity index (χ1n) is 20.1. The number of aromatic amines is 1. The number of hydrogen-bond acceptors (Lipinski definition) is 10. The van der Waals surface area contributed by atoms with Crippen molar-refractivity contribution in [2.75, 3.05) is 50.9 Å². The second kappa shape index (κ2) is 18.3. The van der Waals surface area contributed by atoms with Gasteiger partial charge in [-0.2, -0.15) is 13.2 Å². The van der Waals surface area contributed by atoms with E-state index in [0.29, 0.717) is 73.5 Å². The van der Waals surface area contributed by atoms with Gasteiger partial charge in [0.05, 0.1) is 27.6 Å². The second-order valence-electron chi connectivity index (χ2n) is 15.3. The molecule has 0 saturated carbocycles. The number of fused-ring (bicyclic) bond motifs is 1. The predicted octanol–water partition coefficient (Wildman–Crippen LogP) is 9.45. The summed E-state index contributed by atoms with van der Waals surface area (Å²) in [4.78, 5) is 32.0. The summed E-state index contributed by atoms with van der Waals surface area (Å²) in [5.41, 5.74) is 1.91. The van der Waals surface area contributed by atoms with Gasteiger partial charge in [-0.3, -0.25) is 19.8 Å². The summed E-state index contributed by atoms with van der Waals surface area (Å²) in [6.45, 7) is 3.84. The zero-order valence-corrected chi connectivity index (χ0v) is 35.1. The van der Waals surface area contributed by atoms with Gasteiger partial charge in [0.15, 0.2) is 5.75 Å². The molecule has 6 aromatic rings. The number of carbonyl (C=O) groups excluding carboxylic acids is 1. The average Bonchev–Trinajstić information content (AvgIpc) is 3.74. The molecule has 2 aliphatic heterocycles. The summed E-state index contributed by atoms with van der Waals surface area (Å²) in [5.74, 6) is -0.557. The number of nitrogens with one attached hydrogen (secondary N) is 2. The first-order chi connectivity index (χ1) is 30.2. The molecule has 328 valence electrons. The number of nitro benzene ring substituents is 1. The van der Waals surface area contributed by atoms with Gasteiger partial charge in [0.1, 0.15) is 11.5 Å². The monoisotopic (exact) mass is 903 g/mol. The summed E-state index contributed by atoms with van der Waals surface area (Å²) >= 11 is 6.08. The summed E-state index contributed by atoms with van der Waals surface area (Å²) in [7, 11) is -4.64. The lowest BCUT2D eigenvalue weighted by molar-refractivity contribution is -0.386. The Morgan fingerprint density at radius 2 is 1.67 bits per heavy atom. The Balaban J connectivity index is 1.01. The maximum Gasteiger partial charge on any atom is 0.416 e. The van der Waals surface area contributed by atoms with Gasteiger partial charge in [-0.05, 0) is 108 Å². The molecule has 3 heterocycles. The SMILES string of the molecule is O=C(NS(=O)(=O)c1ccc(OCC2CCOCC2)c([N+](=O)[O-])c1)c1ccc(N2CCN(Cc3ccc(C(F)(F)F)cc3-c3ccc(Cl)cc3)CC2)cc1Oc1ccc2[nH]ccc2c1. The smallest absolute Gasteiger partial charge is 0.416 e. The molecule has 0 unspecified atom stereocenters. The lowest BCUT2D eigenvalue weighted by Crippen LogP contribution is -2.46. The predicted molar refractivity (Wildman–Crippen MR) is 231 cm³/mol. The first kappa shape index (κ1) is 43.5. The van der Waals surface area contributed by atoms with Gasteiger partial charge in [-0.25, -0.2) is 13.1 Å². The molecule has 0 radical (unpaired) electrons. The number of ether oxygens (including phenoxy) is 3. The number of sulfonamides is 1. The van der Waals surface area contributed by atoms with Crippen LogP contribution in [0.2, 0.25) is 5.02 Å². The summed E-state index contributed by atoms with van der Waals surface area (Å²) < 4.78 is 87.9. The van der Waals surface area contributed by atoms with Crippen LogP contribution in [0.15, 0.2) is 114 Å². The molecule has 2 N–H and O–H groups in total. The molecular formula is C45H41ClF3N5O8S. The van der Waals surface area contributed by atoms with Crippen molar-refractivity contribution < 1.29 is 45.5 Å². The number of carbonyl (C=O) groups is 1. The van der Waals surface area contributed by atoms with Crippen LogP contribution in [0.5, 0.6) is 17.2 Å². The molecule has 2 aliphatic rings. The number of amides is 1. The summed E-state index contributed by atoms with van der Waals surface area (Å²) in [5, 5.41) is 13.3. The van der Waals surface area contributed by atoms with Crippen LogP contribution in [0.4, 0.5) is 24.5 Å². The number of rotatable bonds is 13. The third-order valence-electron chi connectivity index (χ3n) is 11.2. The van der Waals surface area contributed by atoms with Crippen molar-refractivity contribution in [2.45, 2.75) is 30.5 Å². The van der Waals surface area contributed by atoms with Gasteiger partial charge < -0.3 is 24.1 Å². The van der Waals surface area contributed by atoms with Crippen LogP contribution >= 0.6 is 11.6 Å². The number of piperazine rings is 1. The van der Waals surface area contributed by atoms with Gasteiger partial charge in [-0.15, -0.1) is 0 Å². The topological polar surface area (TPSA) is 156 Å². The number of alkyl halides is 3. The molecule has 0 atom stereocenters. The molecule has 2 saturated heterocycles. The number of nitro groups is 1. The number of nitrogens with zero attached hydrogens (tertiary/aromatic N) is 3. The van der Waals surface area contributed by atoms with Crippen molar-refractivity contribution in [2.24, 2.45) is 5.92 Å². The lowest BCUT2D eigenvalue weighted by Gasteiger charge is -2.36. The van der Waals surface area contributed by atoms with Gasteiger partial charge >= 0.3 is 11.9 Å². The number of anilines is 1. The highest BCUT2D eigenvalue weighted by molar-refractivity contribution is 7.90. The minimum atomic E-state index is -4.64. The molecule has 0 spiro atoms. The van der Waals surface area contributed by atoms with Crippen LogP contribution in [-0.2, 0) is 27.5 Å². The van der Waals surface area contributed by atoms with E-state index in [4.69, 9.17) is 25.8 Å². The minimum absolute atomic E-state index is 0.0534. The number of benzene rings is 5. The molecule has 63 heavy (non-hydrogen) atoms. The molecule has 13 nitrogen and oxygen atoms in total. The van der Waals surface area contributed by atoms with Gasteiger partial charge in [0.25, 0.3) is 15.9 Å². The Kier molecular flexibility index (Phi) is 12.6. The van der Waals surface area contributed by atoms with E-state index >= 15 is 0 Å². The Labute approximate surface area is 365 Å². The van der Waals surface area contributed by atoms with Gasteiger partial charge in [0.2, 0.25) is 0 Å². The van der Waals surface area contributed by atoms with Crippen molar-refractivity contribution in [1.29, 1.82) is 0 Å². The minimum Gasteiger partial charge on any atom is -0.487 e. The standard InChI is InChI=1S/C45H41ClF3N5O8S/c46-34-5-2-30(3-6-34)39-24-33(45(47,48)49)4-1-32(39)27-52-17-19-53(20-18-52)35-7-10-38(43(25-35)62-36-8-11-40-31(23-36)13-16-50-40)44(55)51-63(58,59)37-9-12-42(41(26-37)54(56)57)61-28-29-14-21-60-22-15-29/h1-13,16,23-26,29,50H,14-15,17-22,27-28H2,(H,51,55). The lowest BCUT2D eigenvalue weighted by atomic mass is 9.96. The largest absolute Gasteiger partial charge is 0.487 e. The third-order valence-corrected chi connectivity index (χ3v) is 12.7. The highest BCUT2D eigenvalue weighted by Gasteiger charge is 2.32. The van der Waals surface area contributed by atoms with E-state index in [0.717, 1.165) is 53.6 Å². The quantitative estimate of drug-likeness (QED) is 0.0846. The van der Waals surface area contributed by atoms with Gasteiger partial charge in [0, 0.05) is 85.9 Å². The van der Waals surface area contributed by atoms with Crippen molar-refractivity contribution >= 4 is 49.8 Å². The van der Waals surface area contributed by atoms with Crippen molar-refractivity contribution in [3.8, 4) is 28.4 Å². The fraction of sp³-hybridized carbons (Fsp3) is 0.267. The summed E-state index contributed by atoms with van der Waals surface area (Å²) in [6, 6.07) is 25.5. The van der Waals surface area contributed by atoms with E-state index in [1.807, 2.05) is 6.07 Å². The maximum atomic E-state index is 13.9.